The molecule has 1 aliphatic heterocycles. The Kier molecular flexibility index (Phi) is 6.17. The van der Waals surface area contributed by atoms with Crippen LogP contribution in [0, 0.1) is 0 Å². The number of rotatable bonds is 6. The normalized spacial score (nSPS) is 17.3. The van der Waals surface area contributed by atoms with Gasteiger partial charge in [0.05, 0.1) is 21.8 Å². The first-order valence-electron chi connectivity index (χ1n) is 10.5. The zero-order chi connectivity index (χ0) is 22.9. The summed E-state index contributed by atoms with van der Waals surface area (Å²) in [5.41, 5.74) is -0.245. The predicted molar refractivity (Wildman–Crippen MR) is 115 cm³/mol. The van der Waals surface area contributed by atoms with Gasteiger partial charge in [-0.1, -0.05) is 6.07 Å². The molecule has 2 aromatic rings. The van der Waals surface area contributed by atoms with Gasteiger partial charge in [0.15, 0.2) is 0 Å². The highest BCUT2D eigenvalue weighted by Crippen LogP contribution is 2.36. The number of hydrogen-bond donors (Lipinski definition) is 2. The van der Waals surface area contributed by atoms with E-state index in [4.69, 9.17) is 0 Å². The second kappa shape index (κ2) is 8.74. The lowest BCUT2D eigenvalue weighted by Gasteiger charge is -2.31. The lowest BCUT2D eigenvalue weighted by molar-refractivity contribution is -0.137. The Bertz CT molecular complexity index is 1110. The molecule has 6 nitrogen and oxygen atoms in total. The number of benzene rings is 2. The quantitative estimate of drug-likeness (QED) is 0.661. The minimum Gasteiger partial charge on any atom is -0.370 e. The molecule has 0 atom stereocenters. The van der Waals surface area contributed by atoms with E-state index in [2.05, 4.69) is 10.0 Å². The topological polar surface area (TPSA) is 78.5 Å². The SMILES string of the molecule is O=C(Nc1cc(C(F)(F)F)ccc1N1CCCCC1)c1cccc(S(=O)(=O)NC2CC2)c1. The number of piperidine rings is 1. The van der Waals surface area contributed by atoms with Gasteiger partial charge < -0.3 is 10.2 Å². The van der Waals surface area contributed by atoms with Crippen LogP contribution in [-0.2, 0) is 16.2 Å². The lowest BCUT2D eigenvalue weighted by Crippen LogP contribution is -2.30. The van der Waals surface area contributed by atoms with Crippen LogP contribution in [0.1, 0.15) is 48.0 Å². The Balaban J connectivity index is 1.62. The highest BCUT2D eigenvalue weighted by molar-refractivity contribution is 7.89. The monoisotopic (exact) mass is 467 g/mol. The van der Waals surface area contributed by atoms with Crippen LogP contribution < -0.4 is 14.9 Å². The Morgan fingerprint density at radius 2 is 1.72 bits per heavy atom. The standard InChI is InChI=1S/C22H24F3N3O3S/c23-22(24,25)16-7-10-20(28-11-2-1-3-12-28)19(14-16)26-21(29)15-5-4-6-18(13-15)32(30,31)27-17-8-9-17/h4-7,10,13-14,17,27H,1-3,8-9,11-12H2,(H,26,29). The molecule has 2 fully saturated rings. The molecule has 4 rings (SSSR count). The first kappa shape index (κ1) is 22.6. The summed E-state index contributed by atoms with van der Waals surface area (Å²) in [5.74, 6) is -0.675. The van der Waals surface area contributed by atoms with Crippen molar-refractivity contribution in [3.8, 4) is 0 Å². The molecule has 0 radical (unpaired) electrons. The van der Waals surface area contributed by atoms with Crippen molar-refractivity contribution in [2.24, 2.45) is 0 Å². The zero-order valence-electron chi connectivity index (χ0n) is 17.3. The molecular weight excluding hydrogens is 443 g/mol. The maximum absolute atomic E-state index is 13.3. The van der Waals surface area contributed by atoms with Gasteiger partial charge in [-0.2, -0.15) is 13.2 Å². The molecule has 2 N–H and O–H groups in total. The van der Waals surface area contributed by atoms with E-state index in [9.17, 15) is 26.4 Å². The van der Waals surface area contributed by atoms with E-state index in [1.54, 1.807) is 0 Å². The molecular formula is C22H24F3N3O3S. The third-order valence-corrected chi connectivity index (χ3v) is 7.09. The highest BCUT2D eigenvalue weighted by atomic mass is 32.2. The maximum Gasteiger partial charge on any atom is 0.416 e. The fourth-order valence-electron chi connectivity index (χ4n) is 3.71. The molecule has 1 heterocycles. The van der Waals surface area contributed by atoms with Crippen molar-refractivity contribution in [1.29, 1.82) is 0 Å². The van der Waals surface area contributed by atoms with Crippen molar-refractivity contribution in [3.63, 3.8) is 0 Å². The number of nitrogens with one attached hydrogen (secondary N) is 2. The lowest BCUT2D eigenvalue weighted by atomic mass is 10.1. The van der Waals surface area contributed by atoms with Crippen LogP contribution in [0.2, 0.25) is 0 Å². The third kappa shape index (κ3) is 5.24. The number of alkyl halides is 3. The summed E-state index contributed by atoms with van der Waals surface area (Å²) >= 11 is 0. The van der Waals surface area contributed by atoms with Gasteiger partial charge in [0.2, 0.25) is 10.0 Å². The Morgan fingerprint density at radius 3 is 2.38 bits per heavy atom. The smallest absolute Gasteiger partial charge is 0.370 e. The summed E-state index contributed by atoms with van der Waals surface area (Å²) in [7, 11) is -3.76. The zero-order valence-corrected chi connectivity index (χ0v) is 18.1. The van der Waals surface area contributed by atoms with Gasteiger partial charge in [-0.25, -0.2) is 13.1 Å². The number of hydrogen-bond acceptors (Lipinski definition) is 4. The first-order chi connectivity index (χ1) is 15.1. The number of amides is 1. The van der Waals surface area contributed by atoms with Crippen LogP contribution in [0.15, 0.2) is 47.4 Å². The fraction of sp³-hybridized carbons (Fsp3) is 0.409. The predicted octanol–water partition coefficient (Wildman–Crippen LogP) is 4.39. The summed E-state index contributed by atoms with van der Waals surface area (Å²) in [4.78, 5) is 14.8. The minimum atomic E-state index is -4.55. The van der Waals surface area contributed by atoms with E-state index in [1.807, 2.05) is 4.90 Å². The van der Waals surface area contributed by atoms with Gasteiger partial charge in [0.1, 0.15) is 0 Å². The van der Waals surface area contributed by atoms with E-state index in [1.165, 1.54) is 30.3 Å². The van der Waals surface area contributed by atoms with Crippen molar-refractivity contribution in [2.45, 2.75) is 49.2 Å². The Morgan fingerprint density at radius 1 is 1.00 bits per heavy atom. The number of nitrogens with zero attached hydrogens (tertiary/aromatic N) is 1. The highest BCUT2D eigenvalue weighted by Gasteiger charge is 2.32. The molecule has 0 spiro atoms. The average Bonchev–Trinajstić information content (AvgIpc) is 3.57. The Hall–Kier alpha value is -2.59. The summed E-state index contributed by atoms with van der Waals surface area (Å²) in [5, 5.41) is 2.57. The van der Waals surface area contributed by atoms with Gasteiger partial charge in [-0.3, -0.25) is 4.79 Å². The molecule has 1 amide bonds. The fourth-order valence-corrected chi connectivity index (χ4v) is 5.06. The number of sulfonamides is 1. The van der Waals surface area contributed by atoms with Crippen molar-refractivity contribution in [2.75, 3.05) is 23.3 Å². The van der Waals surface area contributed by atoms with Crippen LogP contribution in [0.4, 0.5) is 24.5 Å². The van der Waals surface area contributed by atoms with Crippen molar-refractivity contribution >= 4 is 27.3 Å². The molecule has 172 valence electrons. The van der Waals surface area contributed by atoms with E-state index in [0.29, 0.717) is 18.8 Å². The van der Waals surface area contributed by atoms with Gasteiger partial charge in [-0.15, -0.1) is 0 Å². The van der Waals surface area contributed by atoms with E-state index in [-0.39, 0.29) is 22.2 Å². The van der Waals surface area contributed by atoms with Crippen LogP contribution in [-0.4, -0.2) is 33.5 Å². The summed E-state index contributed by atoms with van der Waals surface area (Å²) < 4.78 is 67.3. The van der Waals surface area contributed by atoms with Crippen molar-refractivity contribution < 1.29 is 26.4 Å². The number of halogens is 3. The third-order valence-electron chi connectivity index (χ3n) is 5.57. The van der Waals surface area contributed by atoms with Gasteiger partial charge >= 0.3 is 6.18 Å². The number of carbonyl (C=O) groups is 1. The minimum absolute atomic E-state index is 0.0469. The average molecular weight is 468 g/mol. The molecule has 2 aromatic carbocycles. The van der Waals surface area contributed by atoms with Gasteiger partial charge in [-0.05, 0) is 68.5 Å². The summed E-state index contributed by atoms with van der Waals surface area (Å²) in [6, 6.07) is 8.71. The maximum atomic E-state index is 13.3. The molecule has 1 saturated carbocycles. The summed E-state index contributed by atoms with van der Waals surface area (Å²) in [6.45, 7) is 1.38. The molecule has 1 saturated heterocycles. The number of anilines is 2. The summed E-state index contributed by atoms with van der Waals surface area (Å²) in [6.07, 6.45) is -0.121. The van der Waals surface area contributed by atoms with Crippen molar-refractivity contribution in [3.05, 3.63) is 53.6 Å². The Labute approximate surface area is 184 Å². The molecule has 0 bridgehead atoms. The molecule has 1 aliphatic carbocycles. The number of carbonyl (C=O) groups excluding carboxylic acids is 1. The largest absolute Gasteiger partial charge is 0.416 e. The van der Waals surface area contributed by atoms with Crippen LogP contribution in [0.3, 0.4) is 0 Å². The van der Waals surface area contributed by atoms with Crippen LogP contribution >= 0.6 is 0 Å². The molecule has 0 unspecified atom stereocenters. The van der Waals surface area contributed by atoms with E-state index < -0.39 is 27.7 Å². The molecule has 32 heavy (non-hydrogen) atoms. The molecule has 0 aromatic heterocycles. The second-order valence-corrected chi connectivity index (χ2v) is 9.87. The van der Waals surface area contributed by atoms with Gasteiger partial charge in [0, 0.05) is 24.7 Å². The first-order valence-corrected chi connectivity index (χ1v) is 12.0. The van der Waals surface area contributed by atoms with E-state index in [0.717, 1.165) is 44.2 Å². The van der Waals surface area contributed by atoms with E-state index >= 15 is 0 Å². The second-order valence-electron chi connectivity index (χ2n) is 8.15. The molecule has 10 heteroatoms. The van der Waals surface area contributed by atoms with Crippen LogP contribution in [0.25, 0.3) is 0 Å². The van der Waals surface area contributed by atoms with Crippen LogP contribution in [0.5, 0.6) is 0 Å². The van der Waals surface area contributed by atoms with Crippen molar-refractivity contribution in [1.82, 2.24) is 4.72 Å². The molecule has 2 aliphatic rings. The van der Waals surface area contributed by atoms with Gasteiger partial charge in [0.25, 0.3) is 5.91 Å².